The van der Waals surface area contributed by atoms with Gasteiger partial charge in [0, 0.05) is 18.3 Å². The monoisotopic (exact) mass is 475 g/mol. The zero-order valence-electron chi connectivity index (χ0n) is 18.3. The lowest BCUT2D eigenvalue weighted by Crippen LogP contribution is -2.26. The van der Waals surface area contributed by atoms with Crippen LogP contribution in [0.2, 0.25) is 0 Å². The Morgan fingerprint density at radius 1 is 1.12 bits per heavy atom. The van der Waals surface area contributed by atoms with E-state index >= 15 is 0 Å². The van der Waals surface area contributed by atoms with Crippen molar-refractivity contribution in [3.63, 3.8) is 0 Å². The summed E-state index contributed by atoms with van der Waals surface area (Å²) in [4.78, 5) is 30.3. The zero-order valence-corrected chi connectivity index (χ0v) is 18.3. The van der Waals surface area contributed by atoms with Crippen molar-refractivity contribution in [1.29, 1.82) is 0 Å². The molecule has 1 atom stereocenters. The zero-order chi connectivity index (χ0) is 24.7. The highest BCUT2D eigenvalue weighted by atomic mass is 19.4. The van der Waals surface area contributed by atoms with Gasteiger partial charge in [-0.1, -0.05) is 25.5 Å². The molecule has 2 heterocycles. The normalized spacial score (nSPS) is 12.2. The minimum atomic E-state index is -4.52. The van der Waals surface area contributed by atoms with E-state index in [0.717, 1.165) is 30.9 Å². The number of carbonyl (C=O) groups excluding carboxylic acids is 1. The van der Waals surface area contributed by atoms with Crippen LogP contribution in [-0.2, 0) is 11.0 Å². The fourth-order valence-electron chi connectivity index (χ4n) is 3.28. The second-order valence-electron chi connectivity index (χ2n) is 7.58. The highest BCUT2D eigenvalue weighted by molar-refractivity contribution is 5.94. The van der Waals surface area contributed by atoms with Gasteiger partial charge in [0.1, 0.15) is 12.1 Å². The Morgan fingerprint density at radius 2 is 1.85 bits per heavy atom. The molecule has 8 nitrogen and oxygen atoms in total. The summed E-state index contributed by atoms with van der Waals surface area (Å²) in [6, 6.07) is 10.2. The summed E-state index contributed by atoms with van der Waals surface area (Å²) >= 11 is 0. The smallest absolute Gasteiger partial charge is 0.434 e. The summed E-state index contributed by atoms with van der Waals surface area (Å²) in [6.45, 7) is 2.09. The van der Waals surface area contributed by atoms with Gasteiger partial charge >= 0.3 is 12.1 Å². The molecule has 0 unspecified atom stereocenters. The summed E-state index contributed by atoms with van der Waals surface area (Å²) < 4.78 is 39.5. The lowest BCUT2D eigenvalue weighted by Gasteiger charge is -2.20. The number of rotatable bonds is 10. The van der Waals surface area contributed by atoms with Crippen molar-refractivity contribution in [2.45, 2.75) is 38.4 Å². The first-order chi connectivity index (χ1) is 16.2. The number of aromatic nitrogens is 3. The van der Waals surface area contributed by atoms with E-state index in [4.69, 9.17) is 5.11 Å². The minimum absolute atomic E-state index is 0.0511. The van der Waals surface area contributed by atoms with Crippen molar-refractivity contribution in [3.8, 4) is 5.82 Å². The predicted octanol–water partition coefficient (Wildman–Crippen LogP) is 4.44. The Morgan fingerprint density at radius 3 is 2.41 bits per heavy atom. The van der Waals surface area contributed by atoms with Crippen LogP contribution < -0.4 is 10.6 Å². The van der Waals surface area contributed by atoms with E-state index in [0.29, 0.717) is 17.1 Å². The molecule has 34 heavy (non-hydrogen) atoms. The molecule has 2 aromatic heterocycles. The Kier molecular flexibility index (Phi) is 7.87. The lowest BCUT2D eigenvalue weighted by atomic mass is 10.0. The third kappa shape index (κ3) is 6.56. The van der Waals surface area contributed by atoms with E-state index in [2.05, 4.69) is 20.6 Å². The molecule has 11 heteroatoms. The molecule has 0 aliphatic carbocycles. The van der Waals surface area contributed by atoms with Crippen LogP contribution in [0.15, 0.2) is 55.1 Å². The number of nitrogens with one attached hydrogen (secondary N) is 2. The molecule has 3 rings (SSSR count). The summed E-state index contributed by atoms with van der Waals surface area (Å²) in [5.74, 6) is -1.03. The average molecular weight is 475 g/mol. The van der Waals surface area contributed by atoms with E-state index in [1.807, 2.05) is 19.1 Å². The summed E-state index contributed by atoms with van der Waals surface area (Å²) in [7, 11) is 0. The van der Waals surface area contributed by atoms with Crippen LogP contribution in [0.1, 0.15) is 53.8 Å². The first-order valence-electron chi connectivity index (χ1n) is 10.6. The maximum Gasteiger partial charge on any atom is 0.434 e. The Bertz CT molecular complexity index is 1110. The van der Waals surface area contributed by atoms with Crippen LogP contribution in [-0.4, -0.2) is 38.1 Å². The molecule has 0 radical (unpaired) electrons. The largest absolute Gasteiger partial charge is 0.481 e. The second kappa shape index (κ2) is 10.8. The van der Waals surface area contributed by atoms with Gasteiger partial charge in [0.25, 0.3) is 5.91 Å². The quantitative estimate of drug-likeness (QED) is 0.400. The lowest BCUT2D eigenvalue weighted by molar-refractivity contribution is -0.141. The third-order valence-electron chi connectivity index (χ3n) is 5.00. The number of benzene rings is 1. The third-order valence-corrected chi connectivity index (χ3v) is 5.00. The Hall–Kier alpha value is -3.89. The molecule has 0 spiro atoms. The van der Waals surface area contributed by atoms with Gasteiger partial charge in [-0.25, -0.2) is 9.97 Å². The number of amides is 1. The SMILES string of the molecule is CCC[C@H](Nc1ccc(-n2cnc(C(F)(F)F)c2)nc1)c1ccc(C(=O)NCCC(=O)O)cc1. The number of carbonyl (C=O) groups is 2. The van der Waals surface area contributed by atoms with Gasteiger partial charge in [-0.05, 0) is 36.2 Å². The van der Waals surface area contributed by atoms with E-state index in [1.165, 1.54) is 10.8 Å². The molecule has 0 saturated carbocycles. The average Bonchev–Trinajstić information content (AvgIpc) is 3.30. The Labute approximate surface area is 193 Å². The number of alkyl halides is 3. The topological polar surface area (TPSA) is 109 Å². The maximum absolute atomic E-state index is 12.8. The Balaban J connectivity index is 1.67. The van der Waals surface area contributed by atoms with Crippen molar-refractivity contribution < 1.29 is 27.9 Å². The number of imidazole rings is 1. The molecule has 0 saturated heterocycles. The minimum Gasteiger partial charge on any atom is -0.481 e. The van der Waals surface area contributed by atoms with Crippen molar-refractivity contribution in [1.82, 2.24) is 19.9 Å². The van der Waals surface area contributed by atoms with Gasteiger partial charge in [0.2, 0.25) is 0 Å². The van der Waals surface area contributed by atoms with Crippen molar-refractivity contribution in [2.24, 2.45) is 0 Å². The van der Waals surface area contributed by atoms with Crippen LogP contribution in [0, 0.1) is 0 Å². The van der Waals surface area contributed by atoms with E-state index in [9.17, 15) is 22.8 Å². The van der Waals surface area contributed by atoms with Gasteiger partial charge < -0.3 is 15.7 Å². The van der Waals surface area contributed by atoms with E-state index in [-0.39, 0.29) is 24.9 Å². The van der Waals surface area contributed by atoms with Crippen LogP contribution in [0.4, 0.5) is 18.9 Å². The number of pyridine rings is 1. The van der Waals surface area contributed by atoms with Crippen molar-refractivity contribution >= 4 is 17.6 Å². The number of carboxylic acid groups (broad SMARTS) is 1. The molecule has 1 aromatic carbocycles. The number of hydrogen-bond acceptors (Lipinski definition) is 5. The van der Waals surface area contributed by atoms with Gasteiger partial charge in [-0.2, -0.15) is 13.2 Å². The van der Waals surface area contributed by atoms with Gasteiger partial charge in [-0.15, -0.1) is 0 Å². The number of halogens is 3. The molecule has 0 bridgehead atoms. The first kappa shape index (κ1) is 24.7. The van der Waals surface area contributed by atoms with Crippen LogP contribution >= 0.6 is 0 Å². The van der Waals surface area contributed by atoms with Crippen LogP contribution in [0.25, 0.3) is 5.82 Å². The van der Waals surface area contributed by atoms with Gasteiger partial charge in [-0.3, -0.25) is 14.2 Å². The molecule has 0 aliphatic heterocycles. The van der Waals surface area contributed by atoms with Crippen LogP contribution in [0.5, 0.6) is 0 Å². The second-order valence-corrected chi connectivity index (χ2v) is 7.58. The molecule has 180 valence electrons. The highest BCUT2D eigenvalue weighted by Gasteiger charge is 2.33. The summed E-state index contributed by atoms with van der Waals surface area (Å²) in [6.07, 6.45) is 0.498. The van der Waals surface area contributed by atoms with E-state index in [1.54, 1.807) is 24.3 Å². The fraction of sp³-hybridized carbons (Fsp3) is 0.304. The first-order valence-corrected chi connectivity index (χ1v) is 10.6. The predicted molar refractivity (Wildman–Crippen MR) is 119 cm³/mol. The standard InChI is InChI=1S/C23H24F3N5O3/c1-2-3-18(15-4-6-16(7-5-15)22(34)27-11-10-21(32)33)30-17-8-9-20(28-12-17)31-13-19(29-14-31)23(24,25)26/h4-9,12-14,18,30H,2-3,10-11H2,1H3,(H,27,34)(H,32,33)/t18-/m0/s1. The molecule has 3 N–H and O–H groups in total. The molecule has 0 aliphatic rings. The number of carboxylic acids is 1. The number of aliphatic carboxylic acids is 1. The summed E-state index contributed by atoms with van der Waals surface area (Å²) in [5.41, 5.74) is 1.07. The molecule has 1 amide bonds. The van der Waals surface area contributed by atoms with Crippen LogP contribution in [0.3, 0.4) is 0 Å². The maximum atomic E-state index is 12.8. The fourth-order valence-corrected chi connectivity index (χ4v) is 3.28. The number of hydrogen-bond donors (Lipinski definition) is 3. The van der Waals surface area contributed by atoms with Gasteiger partial charge in [0.05, 0.1) is 24.3 Å². The van der Waals surface area contributed by atoms with Crippen molar-refractivity contribution in [3.05, 3.63) is 71.9 Å². The molecule has 0 fully saturated rings. The molecular weight excluding hydrogens is 451 g/mol. The van der Waals surface area contributed by atoms with E-state index < -0.39 is 17.8 Å². The highest BCUT2D eigenvalue weighted by Crippen LogP contribution is 2.28. The summed E-state index contributed by atoms with van der Waals surface area (Å²) in [5, 5.41) is 14.6. The molecular formula is C23H24F3N5O3. The number of anilines is 1. The molecule has 3 aromatic rings. The van der Waals surface area contributed by atoms with Crippen molar-refractivity contribution in [2.75, 3.05) is 11.9 Å². The number of nitrogens with zero attached hydrogens (tertiary/aromatic N) is 3. The van der Waals surface area contributed by atoms with Gasteiger partial charge in [0.15, 0.2) is 5.69 Å².